The van der Waals surface area contributed by atoms with Crippen LogP contribution in [-0.4, -0.2) is 50.4 Å². The van der Waals surface area contributed by atoms with Gasteiger partial charge in [0.1, 0.15) is 11.7 Å². The van der Waals surface area contributed by atoms with E-state index in [-0.39, 0.29) is 17.6 Å². The maximum atomic E-state index is 12.9. The van der Waals surface area contributed by atoms with E-state index in [0.29, 0.717) is 31.7 Å². The lowest BCUT2D eigenvalue weighted by atomic mass is 10.1. The molecule has 1 aromatic carbocycles. The van der Waals surface area contributed by atoms with Crippen molar-refractivity contribution in [3.05, 3.63) is 30.1 Å². The van der Waals surface area contributed by atoms with Crippen LogP contribution in [0, 0.1) is 11.7 Å². The highest BCUT2D eigenvalue weighted by Gasteiger charge is 2.38. The molecule has 0 spiro atoms. The second-order valence-electron chi connectivity index (χ2n) is 5.17. The predicted octanol–water partition coefficient (Wildman–Crippen LogP) is 0.856. The molecule has 2 rings (SSSR count). The van der Waals surface area contributed by atoms with E-state index in [0.717, 1.165) is 0 Å². The minimum absolute atomic E-state index is 0.153. The Hall–Kier alpha value is -1.95. The Morgan fingerprint density at radius 3 is 2.71 bits per heavy atom. The van der Waals surface area contributed by atoms with Gasteiger partial charge in [-0.25, -0.2) is 4.39 Å². The van der Waals surface area contributed by atoms with Crippen LogP contribution < -0.4 is 10.2 Å². The number of hydrogen-bond donors (Lipinski definition) is 1. The number of halogens is 1. The monoisotopic (exact) mass is 293 g/mol. The molecule has 5 nitrogen and oxygen atoms in total. The molecule has 1 unspecified atom stereocenters. The topological polar surface area (TPSA) is 52.7 Å². The summed E-state index contributed by atoms with van der Waals surface area (Å²) in [5.74, 6) is -1.33. The molecule has 1 fully saturated rings. The zero-order valence-corrected chi connectivity index (χ0v) is 12.3. The van der Waals surface area contributed by atoms with Crippen LogP contribution in [0.2, 0.25) is 0 Å². The van der Waals surface area contributed by atoms with E-state index in [1.165, 1.54) is 12.1 Å². The molecule has 0 saturated carbocycles. The highest BCUT2D eigenvalue weighted by atomic mass is 19.1. The van der Waals surface area contributed by atoms with E-state index in [1.54, 1.807) is 29.0 Å². The maximum Gasteiger partial charge on any atom is 0.239 e. The van der Waals surface area contributed by atoms with E-state index >= 15 is 0 Å². The average Bonchev–Trinajstić information content (AvgIpc) is 2.86. The van der Waals surface area contributed by atoms with Crippen molar-refractivity contribution in [3.63, 3.8) is 0 Å². The zero-order valence-electron chi connectivity index (χ0n) is 12.3. The third kappa shape index (κ3) is 3.39. The number of likely N-dealkylation sites (N-methyl/N-ethyl adjacent to an activating group) is 2. The third-order valence-corrected chi connectivity index (χ3v) is 3.72. The van der Waals surface area contributed by atoms with Crippen LogP contribution in [0.3, 0.4) is 0 Å². The van der Waals surface area contributed by atoms with Gasteiger partial charge in [-0.3, -0.25) is 9.59 Å². The fraction of sp³-hybridized carbons (Fsp3) is 0.467. The Balaban J connectivity index is 2.04. The minimum Gasteiger partial charge on any atom is -0.344 e. The van der Waals surface area contributed by atoms with Crippen molar-refractivity contribution in [1.82, 2.24) is 10.2 Å². The van der Waals surface area contributed by atoms with Crippen molar-refractivity contribution < 1.29 is 14.0 Å². The fourth-order valence-electron chi connectivity index (χ4n) is 2.44. The molecule has 0 bridgehead atoms. The lowest BCUT2D eigenvalue weighted by Gasteiger charge is -2.21. The van der Waals surface area contributed by atoms with E-state index in [4.69, 9.17) is 0 Å². The number of carbonyl (C=O) groups excluding carboxylic acids is 2. The molecule has 1 aliphatic heterocycles. The Morgan fingerprint density at radius 2 is 2.10 bits per heavy atom. The molecule has 1 aliphatic rings. The molecular formula is C15H20FN3O2. The standard InChI is InChI=1S/C15H20FN3O2/c1-17-8-10-18(2)14(20)13-7-9-19(15(13)21)12-5-3-11(16)4-6-12/h3-6,13,17H,7-10H2,1-2H3. The molecule has 21 heavy (non-hydrogen) atoms. The van der Waals surface area contributed by atoms with Gasteiger partial charge in [0.15, 0.2) is 0 Å². The number of amides is 2. The van der Waals surface area contributed by atoms with Crippen LogP contribution in [0.5, 0.6) is 0 Å². The van der Waals surface area contributed by atoms with E-state index in [1.807, 2.05) is 7.05 Å². The predicted molar refractivity (Wildman–Crippen MR) is 78.4 cm³/mol. The first-order valence-corrected chi connectivity index (χ1v) is 7.01. The van der Waals surface area contributed by atoms with E-state index < -0.39 is 5.92 Å². The van der Waals surface area contributed by atoms with Crippen molar-refractivity contribution in [1.29, 1.82) is 0 Å². The number of anilines is 1. The summed E-state index contributed by atoms with van der Waals surface area (Å²) in [5, 5.41) is 2.97. The van der Waals surface area contributed by atoms with Gasteiger partial charge in [0.05, 0.1) is 0 Å². The molecule has 1 atom stereocenters. The smallest absolute Gasteiger partial charge is 0.239 e. The third-order valence-electron chi connectivity index (χ3n) is 3.72. The molecule has 1 aromatic rings. The largest absolute Gasteiger partial charge is 0.344 e. The van der Waals surface area contributed by atoms with Crippen molar-refractivity contribution in [2.24, 2.45) is 5.92 Å². The SMILES string of the molecule is CNCCN(C)C(=O)C1CCN(c2ccc(F)cc2)C1=O. The number of hydrogen-bond acceptors (Lipinski definition) is 3. The van der Waals surface area contributed by atoms with E-state index in [9.17, 15) is 14.0 Å². The van der Waals surface area contributed by atoms with Crippen LogP contribution in [-0.2, 0) is 9.59 Å². The molecule has 6 heteroatoms. The first-order chi connectivity index (χ1) is 10.0. The van der Waals surface area contributed by atoms with E-state index in [2.05, 4.69) is 5.32 Å². The number of nitrogens with one attached hydrogen (secondary N) is 1. The van der Waals surface area contributed by atoms with Crippen LogP contribution in [0.15, 0.2) is 24.3 Å². The van der Waals surface area contributed by atoms with Crippen molar-refractivity contribution >= 4 is 17.5 Å². The molecule has 0 aliphatic carbocycles. The fourth-order valence-corrected chi connectivity index (χ4v) is 2.44. The van der Waals surface area contributed by atoms with Gasteiger partial charge in [-0.1, -0.05) is 0 Å². The lowest BCUT2D eigenvalue weighted by molar-refractivity contribution is -0.138. The number of rotatable bonds is 5. The molecule has 0 aromatic heterocycles. The van der Waals surface area contributed by atoms with Gasteiger partial charge in [-0.15, -0.1) is 0 Å². The maximum absolute atomic E-state index is 12.9. The summed E-state index contributed by atoms with van der Waals surface area (Å²) in [5.41, 5.74) is 0.634. The summed E-state index contributed by atoms with van der Waals surface area (Å²) in [7, 11) is 3.52. The molecule has 114 valence electrons. The van der Waals surface area contributed by atoms with Gasteiger partial charge >= 0.3 is 0 Å². The summed E-state index contributed by atoms with van der Waals surface area (Å²) < 4.78 is 12.9. The first-order valence-electron chi connectivity index (χ1n) is 7.01. The first kappa shape index (κ1) is 15.4. The van der Waals surface area contributed by atoms with Gasteiger partial charge in [0.2, 0.25) is 11.8 Å². The molecule has 2 amide bonds. The second kappa shape index (κ2) is 6.67. The van der Waals surface area contributed by atoms with Crippen molar-refractivity contribution in [2.45, 2.75) is 6.42 Å². The lowest BCUT2D eigenvalue weighted by Crippen LogP contribution is -2.40. The normalized spacial score (nSPS) is 18.1. The Morgan fingerprint density at radius 1 is 1.43 bits per heavy atom. The van der Waals surface area contributed by atoms with Crippen LogP contribution in [0.4, 0.5) is 10.1 Å². The number of nitrogens with zero attached hydrogens (tertiary/aromatic N) is 2. The Kier molecular flexibility index (Phi) is 4.90. The van der Waals surface area contributed by atoms with Crippen LogP contribution >= 0.6 is 0 Å². The summed E-state index contributed by atoms with van der Waals surface area (Å²) in [6.07, 6.45) is 0.499. The number of carbonyl (C=O) groups is 2. The molecule has 0 radical (unpaired) electrons. The van der Waals surface area contributed by atoms with Crippen molar-refractivity contribution in [2.75, 3.05) is 38.6 Å². The molecule has 1 N–H and O–H groups in total. The summed E-state index contributed by atoms with van der Waals surface area (Å²) in [6, 6.07) is 5.75. The Bertz CT molecular complexity index is 518. The summed E-state index contributed by atoms with van der Waals surface area (Å²) in [4.78, 5) is 27.8. The van der Waals surface area contributed by atoms with Gasteiger partial charge in [0.25, 0.3) is 0 Å². The molecular weight excluding hydrogens is 273 g/mol. The summed E-state index contributed by atoms with van der Waals surface area (Å²) >= 11 is 0. The second-order valence-corrected chi connectivity index (χ2v) is 5.17. The van der Waals surface area contributed by atoms with Gasteiger partial charge in [-0.2, -0.15) is 0 Å². The van der Waals surface area contributed by atoms with Crippen LogP contribution in [0.25, 0.3) is 0 Å². The zero-order chi connectivity index (χ0) is 15.4. The molecule has 1 heterocycles. The van der Waals surface area contributed by atoms with Gasteiger partial charge < -0.3 is 15.1 Å². The number of benzene rings is 1. The van der Waals surface area contributed by atoms with Gasteiger partial charge in [-0.05, 0) is 37.7 Å². The summed E-state index contributed by atoms with van der Waals surface area (Å²) in [6.45, 7) is 1.74. The van der Waals surface area contributed by atoms with Crippen LogP contribution in [0.1, 0.15) is 6.42 Å². The van der Waals surface area contributed by atoms with Crippen molar-refractivity contribution in [3.8, 4) is 0 Å². The Labute approximate surface area is 123 Å². The molecule has 1 saturated heterocycles. The highest BCUT2D eigenvalue weighted by Crippen LogP contribution is 2.26. The highest BCUT2D eigenvalue weighted by molar-refractivity contribution is 6.09. The minimum atomic E-state index is -0.628. The quantitative estimate of drug-likeness (QED) is 0.819. The van der Waals surface area contributed by atoms with Gasteiger partial charge in [0, 0.05) is 32.4 Å². The average molecular weight is 293 g/mol.